The van der Waals surface area contributed by atoms with E-state index in [0.29, 0.717) is 17.0 Å². The van der Waals surface area contributed by atoms with Crippen molar-refractivity contribution in [2.24, 2.45) is 11.3 Å². The Hall–Kier alpha value is -4.35. The number of benzene rings is 1. The number of pyridine rings is 1. The second-order valence-electron chi connectivity index (χ2n) is 13.7. The van der Waals surface area contributed by atoms with Crippen molar-refractivity contribution >= 4 is 34.8 Å². The number of aromatic nitrogens is 1. The molecule has 12 nitrogen and oxygen atoms in total. The molecule has 0 spiro atoms. The number of alkyl carbamates (subject to hydrolysis) is 1. The predicted octanol–water partition coefficient (Wildman–Crippen LogP) is 4.13. The van der Waals surface area contributed by atoms with Gasteiger partial charge in [0.25, 0.3) is 0 Å². The van der Waals surface area contributed by atoms with E-state index in [2.05, 4.69) is 22.2 Å². The molecule has 3 N–H and O–H groups in total. The van der Waals surface area contributed by atoms with Crippen molar-refractivity contribution < 1.29 is 38.5 Å². The molecule has 2 saturated carbocycles. The number of carbonyl (C=O) groups is 4. The smallest absolute Gasteiger partial charge is 0.408 e. The van der Waals surface area contributed by atoms with Crippen LogP contribution in [0.3, 0.4) is 0 Å². The first-order valence-electron chi connectivity index (χ1n) is 15.8. The largest absolute Gasteiger partial charge is 0.496 e. The quantitative estimate of drug-likeness (QED) is 0.326. The molecular formula is C34H44N4O8. The Labute approximate surface area is 268 Å². The van der Waals surface area contributed by atoms with Gasteiger partial charge in [-0.25, -0.2) is 9.59 Å². The van der Waals surface area contributed by atoms with Crippen molar-refractivity contribution in [2.75, 3.05) is 13.7 Å². The van der Waals surface area contributed by atoms with E-state index < -0.39 is 58.9 Å². The third-order valence-corrected chi connectivity index (χ3v) is 9.40. The summed E-state index contributed by atoms with van der Waals surface area (Å²) in [6.45, 7) is 11.1. The molecule has 0 bridgehead atoms. The lowest BCUT2D eigenvalue weighted by molar-refractivity contribution is -0.146. The number of aliphatic carboxylic acids is 1. The summed E-state index contributed by atoms with van der Waals surface area (Å²) >= 11 is 0. The minimum atomic E-state index is -1.48. The fraction of sp³-hybridized carbons (Fsp3) is 0.559. The highest BCUT2D eigenvalue weighted by molar-refractivity contribution is 5.96. The van der Waals surface area contributed by atoms with Gasteiger partial charge in [0.1, 0.15) is 41.3 Å². The fourth-order valence-corrected chi connectivity index (χ4v) is 6.63. The number of likely N-dealkylation sites (tertiary alicyclic amines) is 1. The Bertz CT molecular complexity index is 1530. The standard InChI is InChI=1S/C34H44N4O8/c1-7-20-17-34(20,31(41)42)37-29(39)24-15-22(45-26-16-25(44-6)19(2)27-23(26)13-10-14-35-27)18-38(24)30(40)28(33(3,4)5)36-32(43)46-21-11-8-9-12-21/h7,10,13-14,16,20-22,24,28H,1,8-9,11-12,15,17-18H2,2-6H3,(H,36,43)(H,37,39)(H,41,42)/t20?,22-,24+,28-,34?/m1/s1. The van der Waals surface area contributed by atoms with Crippen molar-refractivity contribution in [3.05, 3.63) is 42.6 Å². The van der Waals surface area contributed by atoms with Gasteiger partial charge in [-0.2, -0.15) is 0 Å². The monoisotopic (exact) mass is 636 g/mol. The van der Waals surface area contributed by atoms with Crippen LogP contribution in [-0.2, 0) is 19.1 Å². The molecule has 3 amide bonds. The third kappa shape index (κ3) is 6.47. The molecule has 1 aliphatic heterocycles. The summed E-state index contributed by atoms with van der Waals surface area (Å²) in [5.41, 5.74) is -0.687. The van der Waals surface area contributed by atoms with E-state index in [1.807, 2.05) is 33.8 Å². The number of methoxy groups -OCH3 is 1. The van der Waals surface area contributed by atoms with Crippen LogP contribution in [0.15, 0.2) is 37.1 Å². The van der Waals surface area contributed by atoms with Crippen LogP contribution in [0.5, 0.6) is 11.5 Å². The molecule has 2 aliphatic carbocycles. The first-order valence-corrected chi connectivity index (χ1v) is 15.8. The third-order valence-electron chi connectivity index (χ3n) is 9.40. The lowest BCUT2D eigenvalue weighted by Gasteiger charge is -2.35. The maximum atomic E-state index is 14.3. The van der Waals surface area contributed by atoms with Crippen LogP contribution in [0.1, 0.15) is 64.9 Å². The Balaban J connectivity index is 1.44. The summed E-state index contributed by atoms with van der Waals surface area (Å²) in [6.07, 6.45) is 5.48. The molecule has 248 valence electrons. The lowest BCUT2D eigenvalue weighted by Crippen LogP contribution is -2.59. The highest BCUT2D eigenvalue weighted by atomic mass is 16.6. The van der Waals surface area contributed by atoms with Gasteiger partial charge in [0, 0.05) is 35.6 Å². The van der Waals surface area contributed by atoms with E-state index in [9.17, 15) is 24.3 Å². The van der Waals surface area contributed by atoms with Gasteiger partial charge >= 0.3 is 12.1 Å². The summed E-state index contributed by atoms with van der Waals surface area (Å²) in [5.74, 6) is -1.64. The number of fused-ring (bicyclic) bond motifs is 1. The van der Waals surface area contributed by atoms with E-state index in [1.54, 1.807) is 25.4 Å². The van der Waals surface area contributed by atoms with Crippen molar-refractivity contribution in [2.45, 2.75) is 96.1 Å². The predicted molar refractivity (Wildman–Crippen MR) is 169 cm³/mol. The molecule has 3 aliphatic rings. The van der Waals surface area contributed by atoms with Gasteiger partial charge < -0.3 is 34.9 Å². The number of nitrogens with zero attached hydrogens (tertiary/aromatic N) is 2. The number of hydrogen-bond acceptors (Lipinski definition) is 8. The Kier molecular flexibility index (Phi) is 9.19. The average molecular weight is 637 g/mol. The topological polar surface area (TPSA) is 156 Å². The molecule has 2 aromatic rings. The number of ether oxygens (including phenoxy) is 3. The van der Waals surface area contributed by atoms with Gasteiger partial charge in [0.2, 0.25) is 11.8 Å². The van der Waals surface area contributed by atoms with Gasteiger partial charge in [-0.1, -0.05) is 26.8 Å². The molecule has 5 atom stereocenters. The number of aryl methyl sites for hydroxylation is 1. The average Bonchev–Trinajstić information content (AvgIpc) is 3.29. The van der Waals surface area contributed by atoms with E-state index >= 15 is 0 Å². The number of carboxylic acids is 1. The Morgan fingerprint density at radius 2 is 1.89 bits per heavy atom. The second-order valence-corrected chi connectivity index (χ2v) is 13.7. The van der Waals surface area contributed by atoms with Crippen molar-refractivity contribution in [1.82, 2.24) is 20.5 Å². The first kappa shape index (κ1) is 33.0. The molecule has 5 rings (SSSR count). The fourth-order valence-electron chi connectivity index (χ4n) is 6.63. The zero-order valence-corrected chi connectivity index (χ0v) is 27.1. The van der Waals surface area contributed by atoms with Crippen LogP contribution < -0.4 is 20.1 Å². The molecular weight excluding hydrogens is 592 g/mol. The van der Waals surface area contributed by atoms with Crippen molar-refractivity contribution in [3.8, 4) is 11.5 Å². The van der Waals surface area contributed by atoms with Crippen LogP contribution in [0.25, 0.3) is 10.9 Å². The van der Waals surface area contributed by atoms with Gasteiger partial charge in [-0.15, -0.1) is 6.58 Å². The van der Waals surface area contributed by atoms with Crippen molar-refractivity contribution in [1.29, 1.82) is 0 Å². The first-order chi connectivity index (χ1) is 21.8. The lowest BCUT2D eigenvalue weighted by atomic mass is 9.85. The molecule has 1 aromatic heterocycles. The summed E-state index contributed by atoms with van der Waals surface area (Å²) < 4.78 is 17.7. The van der Waals surface area contributed by atoms with E-state index in [0.717, 1.165) is 36.6 Å². The highest BCUT2D eigenvalue weighted by Crippen LogP contribution is 2.45. The summed E-state index contributed by atoms with van der Waals surface area (Å²) in [4.78, 5) is 59.2. The van der Waals surface area contributed by atoms with Gasteiger partial charge in [0.15, 0.2) is 0 Å². The molecule has 1 saturated heterocycles. The van der Waals surface area contributed by atoms with Crippen molar-refractivity contribution in [3.63, 3.8) is 0 Å². The molecule has 1 aromatic carbocycles. The summed E-state index contributed by atoms with van der Waals surface area (Å²) in [6, 6.07) is 3.34. The van der Waals surface area contributed by atoms with Crippen LogP contribution >= 0.6 is 0 Å². The normalized spacial score (nSPS) is 25.1. The van der Waals surface area contributed by atoms with Crippen LogP contribution in [-0.4, -0.2) is 82.4 Å². The zero-order valence-electron chi connectivity index (χ0n) is 27.1. The molecule has 0 radical (unpaired) electrons. The molecule has 3 fully saturated rings. The minimum Gasteiger partial charge on any atom is -0.496 e. The van der Waals surface area contributed by atoms with E-state index in [1.165, 1.54) is 11.0 Å². The zero-order chi connectivity index (χ0) is 33.4. The number of amides is 3. The van der Waals surface area contributed by atoms with Crippen LogP contribution in [0, 0.1) is 18.3 Å². The van der Waals surface area contributed by atoms with Crippen LogP contribution in [0.4, 0.5) is 4.79 Å². The highest BCUT2D eigenvalue weighted by Gasteiger charge is 2.61. The van der Waals surface area contributed by atoms with Crippen LogP contribution in [0.2, 0.25) is 0 Å². The molecule has 2 heterocycles. The number of carboxylic acid groups (broad SMARTS) is 1. The van der Waals surface area contributed by atoms with Gasteiger partial charge in [-0.05, 0) is 56.6 Å². The maximum absolute atomic E-state index is 14.3. The molecule has 46 heavy (non-hydrogen) atoms. The number of carbonyl (C=O) groups excluding carboxylic acids is 3. The van der Waals surface area contributed by atoms with E-state index in [-0.39, 0.29) is 25.5 Å². The molecule has 12 heteroatoms. The number of nitrogens with one attached hydrogen (secondary N) is 2. The Morgan fingerprint density at radius 1 is 1.17 bits per heavy atom. The summed E-state index contributed by atoms with van der Waals surface area (Å²) in [7, 11) is 1.56. The Morgan fingerprint density at radius 3 is 2.50 bits per heavy atom. The van der Waals surface area contributed by atoms with Gasteiger partial charge in [-0.3, -0.25) is 14.6 Å². The second kappa shape index (κ2) is 12.8. The SMILES string of the molecule is C=CC1CC1(NC(=O)[C@@H]1C[C@@H](Oc2cc(OC)c(C)c3ncccc23)CN1C(=O)[C@@H](NC(=O)OC1CCCC1)C(C)(C)C)C(=O)O. The molecule has 2 unspecified atom stereocenters. The van der Waals surface area contributed by atoms with E-state index in [4.69, 9.17) is 14.2 Å². The maximum Gasteiger partial charge on any atom is 0.408 e. The number of rotatable bonds is 10. The van der Waals surface area contributed by atoms with Gasteiger partial charge in [0.05, 0.1) is 19.2 Å². The number of hydrogen-bond donors (Lipinski definition) is 3. The summed E-state index contributed by atoms with van der Waals surface area (Å²) in [5, 5.41) is 16.2. The minimum absolute atomic E-state index is 0.0196.